The quantitative estimate of drug-likeness (QED) is 0.806. The lowest BCUT2D eigenvalue weighted by Gasteiger charge is -2.25. The van der Waals surface area contributed by atoms with Crippen LogP contribution in [0.4, 0.5) is 5.69 Å². The molecule has 2 aromatic carbocycles. The van der Waals surface area contributed by atoms with Crippen molar-refractivity contribution in [2.24, 2.45) is 0 Å². The summed E-state index contributed by atoms with van der Waals surface area (Å²) in [6.45, 7) is 3.58. The van der Waals surface area contributed by atoms with Crippen molar-refractivity contribution in [1.29, 1.82) is 0 Å². The van der Waals surface area contributed by atoms with Crippen molar-refractivity contribution < 1.29 is 18.3 Å². The van der Waals surface area contributed by atoms with Gasteiger partial charge < -0.3 is 9.90 Å². The van der Waals surface area contributed by atoms with Crippen LogP contribution in [0.3, 0.4) is 0 Å². The van der Waals surface area contributed by atoms with Crippen LogP contribution in [0.25, 0.3) is 0 Å². The maximum Gasteiger partial charge on any atom is 0.264 e. The van der Waals surface area contributed by atoms with Gasteiger partial charge in [0.2, 0.25) is 0 Å². The summed E-state index contributed by atoms with van der Waals surface area (Å²) in [7, 11) is -3.84. The predicted octanol–water partition coefficient (Wildman–Crippen LogP) is 1.64. The van der Waals surface area contributed by atoms with Crippen LogP contribution in [0.15, 0.2) is 53.4 Å². The number of hydrogen-bond acceptors (Lipinski definition) is 4. The molecule has 0 N–H and O–H groups in total. The summed E-state index contributed by atoms with van der Waals surface area (Å²) in [5, 5.41) is 10.8. The van der Waals surface area contributed by atoms with Gasteiger partial charge in [-0.2, -0.15) is 0 Å². The molecule has 0 aromatic heterocycles. The smallest absolute Gasteiger partial charge is 0.264 e. The Morgan fingerprint density at radius 1 is 0.957 bits per heavy atom. The van der Waals surface area contributed by atoms with Crippen LogP contribution in [-0.2, 0) is 14.8 Å². The van der Waals surface area contributed by atoms with Gasteiger partial charge in [-0.3, -0.25) is 4.31 Å². The van der Waals surface area contributed by atoms with Crippen molar-refractivity contribution in [3.05, 3.63) is 59.7 Å². The summed E-state index contributed by atoms with van der Waals surface area (Å²) >= 11 is 0. The average molecular weight is 332 g/mol. The number of nitrogens with zero attached hydrogens (tertiary/aromatic N) is 1. The van der Waals surface area contributed by atoms with Gasteiger partial charge in [-0.1, -0.05) is 35.4 Å². The lowest BCUT2D eigenvalue weighted by atomic mass is 10.2. The van der Waals surface area contributed by atoms with Gasteiger partial charge in [0, 0.05) is 18.9 Å². The molecule has 0 saturated heterocycles. The monoisotopic (exact) mass is 332 g/mol. The predicted molar refractivity (Wildman–Crippen MR) is 86.5 cm³/mol. The van der Waals surface area contributed by atoms with Crippen LogP contribution in [0, 0.1) is 13.8 Å². The first-order valence-electron chi connectivity index (χ1n) is 7.16. The van der Waals surface area contributed by atoms with E-state index in [0.29, 0.717) is 5.69 Å². The molecule has 0 unspecified atom stereocenters. The maximum atomic E-state index is 12.9. The van der Waals surface area contributed by atoms with E-state index in [1.54, 1.807) is 36.4 Å². The number of benzene rings is 2. The van der Waals surface area contributed by atoms with Crippen molar-refractivity contribution in [2.75, 3.05) is 10.8 Å². The van der Waals surface area contributed by atoms with Gasteiger partial charge in [0.25, 0.3) is 10.0 Å². The van der Waals surface area contributed by atoms with Crippen LogP contribution in [0.5, 0.6) is 0 Å². The highest BCUT2D eigenvalue weighted by molar-refractivity contribution is 7.92. The molecular formula is C17H18NO4S-. The number of hydrogen-bond donors (Lipinski definition) is 0. The zero-order valence-corrected chi connectivity index (χ0v) is 13.8. The first kappa shape index (κ1) is 17.0. The van der Waals surface area contributed by atoms with Gasteiger partial charge in [-0.05, 0) is 38.1 Å². The lowest BCUT2D eigenvalue weighted by Crippen LogP contribution is -2.35. The molecule has 5 nitrogen and oxygen atoms in total. The zero-order chi connectivity index (χ0) is 17.0. The average Bonchev–Trinajstić information content (AvgIpc) is 2.49. The lowest BCUT2D eigenvalue weighted by molar-refractivity contribution is -0.305. The van der Waals surface area contributed by atoms with Gasteiger partial charge in [-0.15, -0.1) is 0 Å². The summed E-state index contributed by atoms with van der Waals surface area (Å²) in [6, 6.07) is 13.3. The Morgan fingerprint density at radius 3 is 1.91 bits per heavy atom. The van der Waals surface area contributed by atoms with E-state index in [0.717, 1.165) is 15.4 Å². The third-order valence-electron chi connectivity index (χ3n) is 3.45. The van der Waals surface area contributed by atoms with Crippen LogP contribution in [0.1, 0.15) is 17.5 Å². The second kappa shape index (κ2) is 6.83. The van der Waals surface area contributed by atoms with Crippen LogP contribution >= 0.6 is 0 Å². The summed E-state index contributed by atoms with van der Waals surface area (Å²) in [6.07, 6.45) is -0.376. The SMILES string of the molecule is Cc1ccc(N(CCC(=O)[O-])S(=O)(=O)c2ccc(C)cc2)cc1. The van der Waals surface area contributed by atoms with E-state index < -0.39 is 16.0 Å². The van der Waals surface area contributed by atoms with Gasteiger partial charge in [-0.25, -0.2) is 8.42 Å². The van der Waals surface area contributed by atoms with E-state index >= 15 is 0 Å². The minimum atomic E-state index is -3.84. The Kier molecular flexibility index (Phi) is 5.05. The van der Waals surface area contributed by atoms with Crippen molar-refractivity contribution in [1.82, 2.24) is 0 Å². The number of carboxylic acids is 1. The van der Waals surface area contributed by atoms with Crippen molar-refractivity contribution in [3.8, 4) is 0 Å². The molecule has 0 aliphatic rings. The first-order valence-corrected chi connectivity index (χ1v) is 8.60. The minimum absolute atomic E-state index is 0.127. The molecule has 122 valence electrons. The molecule has 0 radical (unpaired) electrons. The van der Waals surface area contributed by atoms with Gasteiger partial charge >= 0.3 is 0 Å². The molecule has 0 fully saturated rings. The topological polar surface area (TPSA) is 77.5 Å². The molecule has 2 rings (SSSR count). The molecule has 0 saturated carbocycles. The highest BCUT2D eigenvalue weighted by Gasteiger charge is 2.24. The standard InChI is InChI=1S/C17H19NO4S/c1-13-3-7-15(8-4-13)18(12-11-17(19)20)23(21,22)16-9-5-14(2)6-10-16/h3-10H,11-12H2,1-2H3,(H,19,20)/p-1. The molecule has 0 heterocycles. The fourth-order valence-corrected chi connectivity index (χ4v) is 3.59. The van der Waals surface area contributed by atoms with Crippen molar-refractivity contribution in [3.63, 3.8) is 0 Å². The van der Waals surface area contributed by atoms with Crippen molar-refractivity contribution >= 4 is 21.7 Å². The normalized spacial score (nSPS) is 11.2. The Balaban J connectivity index is 2.44. The molecule has 0 aliphatic carbocycles. The van der Waals surface area contributed by atoms with Gasteiger partial charge in [0.15, 0.2) is 0 Å². The molecule has 0 amide bonds. The van der Waals surface area contributed by atoms with Gasteiger partial charge in [0.1, 0.15) is 0 Å². The number of carbonyl (C=O) groups excluding carboxylic acids is 1. The Labute approximate surface area is 136 Å². The van der Waals surface area contributed by atoms with Crippen LogP contribution in [0.2, 0.25) is 0 Å². The molecule has 0 bridgehead atoms. The largest absolute Gasteiger partial charge is 0.550 e. The zero-order valence-electron chi connectivity index (χ0n) is 13.0. The Bertz CT molecular complexity index is 780. The number of anilines is 1. The second-order valence-corrected chi connectivity index (χ2v) is 7.21. The summed E-state index contributed by atoms with van der Waals surface area (Å²) in [5.74, 6) is -1.29. The summed E-state index contributed by atoms with van der Waals surface area (Å²) < 4.78 is 26.8. The Morgan fingerprint density at radius 2 is 1.43 bits per heavy atom. The van der Waals surface area contributed by atoms with Crippen molar-refractivity contribution in [2.45, 2.75) is 25.2 Å². The van der Waals surface area contributed by atoms with E-state index in [-0.39, 0.29) is 17.9 Å². The summed E-state index contributed by atoms with van der Waals surface area (Å²) in [5.41, 5.74) is 2.36. The number of rotatable bonds is 6. The highest BCUT2D eigenvalue weighted by atomic mass is 32.2. The fraction of sp³-hybridized carbons (Fsp3) is 0.235. The first-order chi connectivity index (χ1) is 10.8. The fourth-order valence-electron chi connectivity index (χ4n) is 2.13. The molecule has 0 aliphatic heterocycles. The van der Waals surface area contributed by atoms with E-state index in [9.17, 15) is 18.3 Å². The third kappa shape index (κ3) is 4.10. The number of carboxylic acid groups (broad SMARTS) is 1. The van der Waals surface area contributed by atoms with E-state index in [1.807, 2.05) is 13.8 Å². The van der Waals surface area contributed by atoms with E-state index in [2.05, 4.69) is 0 Å². The molecule has 0 spiro atoms. The van der Waals surface area contributed by atoms with Gasteiger partial charge in [0.05, 0.1) is 10.6 Å². The molecular weight excluding hydrogens is 314 g/mol. The molecule has 23 heavy (non-hydrogen) atoms. The molecule has 6 heteroatoms. The number of aryl methyl sites for hydroxylation is 2. The minimum Gasteiger partial charge on any atom is -0.550 e. The molecule has 0 atom stereocenters. The number of sulfonamides is 1. The van der Waals surface area contributed by atoms with E-state index in [1.165, 1.54) is 12.1 Å². The highest BCUT2D eigenvalue weighted by Crippen LogP contribution is 2.24. The third-order valence-corrected chi connectivity index (χ3v) is 5.29. The number of carbonyl (C=O) groups is 1. The van der Waals surface area contributed by atoms with Crippen LogP contribution < -0.4 is 9.41 Å². The number of aliphatic carboxylic acids is 1. The molecule has 2 aromatic rings. The van der Waals surface area contributed by atoms with Crippen LogP contribution in [-0.4, -0.2) is 20.9 Å². The summed E-state index contributed by atoms with van der Waals surface area (Å²) in [4.78, 5) is 10.9. The Hall–Kier alpha value is -2.34. The van der Waals surface area contributed by atoms with E-state index in [4.69, 9.17) is 0 Å². The maximum absolute atomic E-state index is 12.9. The second-order valence-electron chi connectivity index (χ2n) is 5.35.